The van der Waals surface area contributed by atoms with E-state index in [-0.39, 0.29) is 17.7 Å². The van der Waals surface area contributed by atoms with Gasteiger partial charge in [0.1, 0.15) is 5.75 Å². The lowest BCUT2D eigenvalue weighted by atomic mass is 10.1. The van der Waals surface area contributed by atoms with E-state index in [9.17, 15) is 4.79 Å². The van der Waals surface area contributed by atoms with E-state index in [1.165, 1.54) is 0 Å². The highest BCUT2D eigenvalue weighted by atomic mass is 16.3. The van der Waals surface area contributed by atoms with Gasteiger partial charge in [-0.3, -0.25) is 4.79 Å². The minimum Gasteiger partial charge on any atom is -0.508 e. The standard InChI is InChI=1S/C10H14N2O2.C2H6/c1-12-9(10(11)14)6-7-2-4-8(13)5-3-7;1-2/h2-5,9,12-13H,6H2,1H3,(H2,11,14);1-2H3. The molecule has 4 heteroatoms. The monoisotopic (exact) mass is 224 g/mol. The molecule has 1 aromatic carbocycles. The number of phenolic OH excluding ortho intramolecular Hbond substituents is 1. The van der Waals surface area contributed by atoms with Gasteiger partial charge in [0.15, 0.2) is 0 Å². The number of phenols is 1. The number of primary amides is 1. The number of aromatic hydroxyl groups is 1. The van der Waals surface area contributed by atoms with Crippen LogP contribution in [0.3, 0.4) is 0 Å². The molecule has 0 heterocycles. The summed E-state index contributed by atoms with van der Waals surface area (Å²) in [6.45, 7) is 4.00. The van der Waals surface area contributed by atoms with Crippen LogP contribution in [0.1, 0.15) is 19.4 Å². The zero-order valence-electron chi connectivity index (χ0n) is 10.0. The van der Waals surface area contributed by atoms with Crippen LogP contribution in [0.25, 0.3) is 0 Å². The third-order valence-electron chi connectivity index (χ3n) is 2.07. The van der Waals surface area contributed by atoms with Crippen LogP contribution in [0.4, 0.5) is 0 Å². The second-order valence-corrected chi connectivity index (χ2v) is 3.11. The molecule has 0 spiro atoms. The largest absolute Gasteiger partial charge is 0.508 e. The van der Waals surface area contributed by atoms with E-state index >= 15 is 0 Å². The Hall–Kier alpha value is -1.55. The number of benzene rings is 1. The molecule has 16 heavy (non-hydrogen) atoms. The predicted molar refractivity (Wildman–Crippen MR) is 65.2 cm³/mol. The van der Waals surface area contributed by atoms with Crippen molar-refractivity contribution in [2.24, 2.45) is 5.73 Å². The van der Waals surface area contributed by atoms with Crippen molar-refractivity contribution in [3.63, 3.8) is 0 Å². The van der Waals surface area contributed by atoms with E-state index in [4.69, 9.17) is 10.8 Å². The molecular formula is C12H20N2O2. The highest BCUT2D eigenvalue weighted by molar-refractivity contribution is 5.80. The normalized spacial score (nSPS) is 11.2. The van der Waals surface area contributed by atoms with Crippen molar-refractivity contribution in [3.8, 4) is 5.75 Å². The quantitative estimate of drug-likeness (QED) is 0.715. The summed E-state index contributed by atoms with van der Waals surface area (Å²) < 4.78 is 0. The number of carbonyl (C=O) groups is 1. The van der Waals surface area contributed by atoms with Crippen LogP contribution >= 0.6 is 0 Å². The number of nitrogens with one attached hydrogen (secondary N) is 1. The molecule has 1 rings (SSSR count). The average Bonchev–Trinajstić information content (AvgIpc) is 2.30. The van der Waals surface area contributed by atoms with Gasteiger partial charge in [-0.05, 0) is 31.2 Å². The molecular weight excluding hydrogens is 204 g/mol. The van der Waals surface area contributed by atoms with E-state index < -0.39 is 0 Å². The zero-order valence-corrected chi connectivity index (χ0v) is 10.0. The van der Waals surface area contributed by atoms with Crippen molar-refractivity contribution in [1.82, 2.24) is 5.32 Å². The van der Waals surface area contributed by atoms with Crippen molar-refractivity contribution in [1.29, 1.82) is 0 Å². The maximum absolute atomic E-state index is 10.9. The summed E-state index contributed by atoms with van der Waals surface area (Å²) in [6, 6.07) is 6.34. The van der Waals surface area contributed by atoms with Gasteiger partial charge in [0.25, 0.3) is 0 Å². The van der Waals surface area contributed by atoms with Crippen molar-refractivity contribution in [3.05, 3.63) is 29.8 Å². The third-order valence-corrected chi connectivity index (χ3v) is 2.07. The molecule has 1 aromatic rings. The first-order valence-electron chi connectivity index (χ1n) is 5.38. The molecule has 4 N–H and O–H groups in total. The Morgan fingerprint density at radius 2 is 1.88 bits per heavy atom. The van der Waals surface area contributed by atoms with Crippen molar-refractivity contribution in [2.45, 2.75) is 26.3 Å². The number of likely N-dealkylation sites (N-methyl/N-ethyl adjacent to an activating group) is 1. The number of carbonyl (C=O) groups excluding carboxylic acids is 1. The number of amides is 1. The second kappa shape index (κ2) is 7.70. The summed E-state index contributed by atoms with van der Waals surface area (Å²) >= 11 is 0. The van der Waals surface area contributed by atoms with E-state index in [0.29, 0.717) is 6.42 Å². The number of rotatable bonds is 4. The third kappa shape index (κ3) is 4.79. The van der Waals surface area contributed by atoms with E-state index in [1.807, 2.05) is 13.8 Å². The summed E-state index contributed by atoms with van der Waals surface area (Å²) in [5, 5.41) is 11.9. The first-order valence-corrected chi connectivity index (χ1v) is 5.38. The van der Waals surface area contributed by atoms with Crippen molar-refractivity contribution >= 4 is 5.91 Å². The molecule has 0 saturated carbocycles. The fraction of sp³-hybridized carbons (Fsp3) is 0.417. The topological polar surface area (TPSA) is 75.3 Å². The van der Waals surface area contributed by atoms with Crippen LogP contribution in [0.5, 0.6) is 5.75 Å². The van der Waals surface area contributed by atoms with Gasteiger partial charge < -0.3 is 16.2 Å². The lowest BCUT2D eigenvalue weighted by Crippen LogP contribution is -2.40. The Bertz CT molecular complexity index is 309. The molecule has 1 amide bonds. The van der Waals surface area contributed by atoms with E-state index in [2.05, 4.69) is 5.32 Å². The van der Waals surface area contributed by atoms with Gasteiger partial charge in [-0.2, -0.15) is 0 Å². The van der Waals surface area contributed by atoms with Crippen LogP contribution in [0.15, 0.2) is 24.3 Å². The first kappa shape index (κ1) is 14.5. The highest BCUT2D eigenvalue weighted by Crippen LogP contribution is 2.10. The lowest BCUT2D eigenvalue weighted by Gasteiger charge is -2.11. The number of nitrogens with two attached hydrogens (primary N) is 1. The van der Waals surface area contributed by atoms with E-state index in [0.717, 1.165) is 5.56 Å². The summed E-state index contributed by atoms with van der Waals surface area (Å²) in [5.74, 6) is -0.158. The van der Waals surface area contributed by atoms with Gasteiger partial charge in [0.05, 0.1) is 6.04 Å². The highest BCUT2D eigenvalue weighted by Gasteiger charge is 2.12. The fourth-order valence-corrected chi connectivity index (χ4v) is 1.21. The van der Waals surface area contributed by atoms with Crippen LogP contribution in [0, 0.1) is 0 Å². The molecule has 1 atom stereocenters. The minimum absolute atomic E-state index is 0.217. The van der Waals surface area contributed by atoms with Crippen LogP contribution in [-0.4, -0.2) is 24.1 Å². The predicted octanol–water partition coefficient (Wildman–Crippen LogP) is 1.03. The summed E-state index contributed by atoms with van der Waals surface area (Å²) in [6.07, 6.45) is 0.534. The Labute approximate surface area is 96.5 Å². The van der Waals surface area contributed by atoms with Crippen molar-refractivity contribution < 1.29 is 9.90 Å². The SMILES string of the molecule is CC.CNC(Cc1ccc(O)cc1)C(N)=O. The molecule has 0 aliphatic heterocycles. The van der Waals surface area contributed by atoms with Crippen molar-refractivity contribution in [2.75, 3.05) is 7.05 Å². The maximum atomic E-state index is 10.9. The molecule has 0 bridgehead atoms. The molecule has 0 fully saturated rings. The van der Waals surface area contributed by atoms with Gasteiger partial charge in [-0.15, -0.1) is 0 Å². The first-order chi connectivity index (χ1) is 7.63. The van der Waals surface area contributed by atoms with Gasteiger partial charge in [0.2, 0.25) is 5.91 Å². The lowest BCUT2D eigenvalue weighted by molar-refractivity contribution is -0.119. The number of hydrogen-bond acceptors (Lipinski definition) is 3. The number of hydrogen-bond donors (Lipinski definition) is 3. The van der Waals surface area contributed by atoms with E-state index in [1.54, 1.807) is 31.3 Å². The van der Waals surface area contributed by atoms with Crippen LogP contribution in [0.2, 0.25) is 0 Å². The molecule has 4 nitrogen and oxygen atoms in total. The molecule has 0 aromatic heterocycles. The van der Waals surface area contributed by atoms with Gasteiger partial charge >= 0.3 is 0 Å². The molecule has 0 aliphatic carbocycles. The zero-order chi connectivity index (χ0) is 12.6. The molecule has 90 valence electrons. The fourth-order valence-electron chi connectivity index (χ4n) is 1.21. The Kier molecular flexibility index (Phi) is 6.96. The Morgan fingerprint density at radius 1 is 1.38 bits per heavy atom. The average molecular weight is 224 g/mol. The smallest absolute Gasteiger partial charge is 0.234 e. The molecule has 0 radical (unpaired) electrons. The molecule has 0 aliphatic rings. The maximum Gasteiger partial charge on any atom is 0.234 e. The summed E-state index contributed by atoms with van der Waals surface area (Å²) in [7, 11) is 1.69. The van der Waals surface area contributed by atoms with Crippen LogP contribution < -0.4 is 11.1 Å². The summed E-state index contributed by atoms with van der Waals surface area (Å²) in [4.78, 5) is 10.9. The van der Waals surface area contributed by atoms with Gasteiger partial charge in [-0.1, -0.05) is 26.0 Å². The second-order valence-electron chi connectivity index (χ2n) is 3.11. The molecule has 1 unspecified atom stereocenters. The molecule has 0 saturated heterocycles. The van der Waals surface area contributed by atoms with Gasteiger partial charge in [0, 0.05) is 0 Å². The minimum atomic E-state index is -0.374. The Balaban J connectivity index is 0.00000106. The Morgan fingerprint density at radius 3 is 2.25 bits per heavy atom. The van der Waals surface area contributed by atoms with Gasteiger partial charge in [-0.25, -0.2) is 0 Å². The van der Waals surface area contributed by atoms with Crippen LogP contribution in [-0.2, 0) is 11.2 Å². The summed E-state index contributed by atoms with van der Waals surface area (Å²) in [5.41, 5.74) is 6.13.